The Hall–Kier alpha value is -3.23. The van der Waals surface area contributed by atoms with Gasteiger partial charge in [0.15, 0.2) is 5.43 Å². The van der Waals surface area contributed by atoms with Gasteiger partial charge >= 0.3 is 6.18 Å². The number of aromatic amines is 1. The Bertz CT molecular complexity index is 1300. The van der Waals surface area contributed by atoms with E-state index < -0.39 is 23.4 Å². The van der Waals surface area contributed by atoms with Gasteiger partial charge in [0.05, 0.1) is 22.5 Å². The molecule has 0 spiro atoms. The number of halogens is 3. The molecule has 3 N–H and O–H groups in total. The minimum atomic E-state index is -4.18. The predicted octanol–water partition coefficient (Wildman–Crippen LogP) is 5.22. The van der Waals surface area contributed by atoms with Crippen LogP contribution in [-0.4, -0.2) is 27.0 Å². The van der Waals surface area contributed by atoms with Gasteiger partial charge in [0.25, 0.3) is 5.91 Å². The zero-order chi connectivity index (χ0) is 24.8. The number of carbonyl (C=O) groups is 1. The van der Waals surface area contributed by atoms with E-state index in [4.69, 9.17) is 5.73 Å². The van der Waals surface area contributed by atoms with Crippen molar-refractivity contribution in [3.63, 3.8) is 0 Å². The number of carbonyl (C=O) groups excluding carboxylic acids is 1. The Kier molecular flexibility index (Phi) is 5.99. The van der Waals surface area contributed by atoms with Crippen LogP contribution in [0.25, 0.3) is 22.2 Å². The van der Waals surface area contributed by atoms with Crippen LogP contribution in [0.3, 0.4) is 0 Å². The molecule has 1 fully saturated rings. The van der Waals surface area contributed by atoms with Gasteiger partial charge in [-0.25, -0.2) is 0 Å². The molecule has 0 aliphatic heterocycles. The monoisotopic (exact) mass is 472 g/mol. The number of H-pyrrole nitrogens is 1. The maximum Gasteiger partial charge on any atom is 0.391 e. The van der Waals surface area contributed by atoms with Gasteiger partial charge in [-0.1, -0.05) is 20.8 Å². The molecule has 6 nitrogen and oxygen atoms in total. The molecule has 4 rings (SSSR count). The first-order valence-electron chi connectivity index (χ1n) is 11.3. The zero-order valence-electron chi connectivity index (χ0n) is 19.3. The van der Waals surface area contributed by atoms with Crippen molar-refractivity contribution >= 4 is 16.8 Å². The van der Waals surface area contributed by atoms with E-state index >= 15 is 0 Å². The fourth-order valence-corrected chi connectivity index (χ4v) is 4.71. The van der Waals surface area contributed by atoms with Gasteiger partial charge in [-0.05, 0) is 49.3 Å². The van der Waals surface area contributed by atoms with Crippen molar-refractivity contribution in [1.82, 2.24) is 15.0 Å². The molecular formula is C25H27F3N4O2. The zero-order valence-corrected chi connectivity index (χ0v) is 19.3. The van der Waals surface area contributed by atoms with Gasteiger partial charge in [-0.15, -0.1) is 0 Å². The Morgan fingerprint density at radius 2 is 1.76 bits per heavy atom. The molecule has 0 radical (unpaired) electrons. The minimum absolute atomic E-state index is 0.0721. The third-order valence-electron chi connectivity index (χ3n) is 6.60. The number of primary amides is 1. The molecule has 0 unspecified atom stereocenters. The normalized spacial score (nSPS) is 19.4. The van der Waals surface area contributed by atoms with Crippen LogP contribution in [0.4, 0.5) is 13.2 Å². The number of rotatable bonds is 3. The molecule has 0 aromatic carbocycles. The minimum Gasteiger partial charge on any atom is -0.364 e. The van der Waals surface area contributed by atoms with E-state index in [0.717, 1.165) is 11.3 Å². The first kappa shape index (κ1) is 23.9. The van der Waals surface area contributed by atoms with Crippen LogP contribution in [0.15, 0.2) is 35.4 Å². The van der Waals surface area contributed by atoms with Gasteiger partial charge in [-0.3, -0.25) is 19.6 Å². The lowest BCUT2D eigenvalue weighted by Crippen LogP contribution is -2.27. The van der Waals surface area contributed by atoms with Crippen LogP contribution < -0.4 is 11.2 Å². The highest BCUT2D eigenvalue weighted by Crippen LogP contribution is 2.45. The molecule has 1 amide bonds. The predicted molar refractivity (Wildman–Crippen MR) is 124 cm³/mol. The highest BCUT2D eigenvalue weighted by Gasteiger charge is 2.42. The Balaban J connectivity index is 1.83. The topological polar surface area (TPSA) is 102 Å². The lowest BCUT2D eigenvalue weighted by molar-refractivity contribution is -0.182. The molecule has 1 aliphatic rings. The van der Waals surface area contributed by atoms with Crippen molar-refractivity contribution in [2.45, 2.75) is 64.0 Å². The highest BCUT2D eigenvalue weighted by atomic mass is 19.4. The number of hydrogen-bond acceptors (Lipinski definition) is 4. The third-order valence-corrected chi connectivity index (χ3v) is 6.60. The number of nitrogens with one attached hydrogen (secondary N) is 1. The third kappa shape index (κ3) is 4.56. The largest absolute Gasteiger partial charge is 0.391 e. The summed E-state index contributed by atoms with van der Waals surface area (Å²) in [6.45, 7) is 6.07. The summed E-state index contributed by atoms with van der Waals surface area (Å²) in [6, 6.07) is 4.91. The summed E-state index contributed by atoms with van der Waals surface area (Å²) in [5.41, 5.74) is 7.84. The average Bonchev–Trinajstić information content (AvgIpc) is 2.77. The summed E-state index contributed by atoms with van der Waals surface area (Å²) in [5.74, 6) is -2.17. The molecule has 0 saturated heterocycles. The lowest BCUT2D eigenvalue weighted by atomic mass is 9.76. The smallest absolute Gasteiger partial charge is 0.364 e. The molecule has 34 heavy (non-hydrogen) atoms. The van der Waals surface area contributed by atoms with Crippen LogP contribution in [0.2, 0.25) is 0 Å². The summed E-state index contributed by atoms with van der Waals surface area (Å²) >= 11 is 0. The fourth-order valence-electron chi connectivity index (χ4n) is 4.71. The van der Waals surface area contributed by atoms with Crippen molar-refractivity contribution in [2.75, 3.05) is 0 Å². The van der Waals surface area contributed by atoms with Gasteiger partial charge < -0.3 is 10.7 Å². The second kappa shape index (κ2) is 8.52. The number of alkyl halides is 3. The Morgan fingerprint density at radius 1 is 1.09 bits per heavy atom. The molecular weight excluding hydrogens is 445 g/mol. The first-order valence-corrected chi connectivity index (χ1v) is 11.3. The molecule has 3 aromatic heterocycles. The molecule has 1 saturated carbocycles. The summed E-state index contributed by atoms with van der Waals surface area (Å²) in [5, 5.41) is 0.102. The van der Waals surface area contributed by atoms with E-state index in [1.54, 1.807) is 12.3 Å². The second-order valence-electron chi connectivity index (χ2n) is 9.99. The van der Waals surface area contributed by atoms with E-state index in [2.05, 4.69) is 15.0 Å². The lowest BCUT2D eigenvalue weighted by Gasteiger charge is -2.32. The number of nitrogens with zero attached hydrogens (tertiary/aromatic N) is 2. The van der Waals surface area contributed by atoms with Gasteiger partial charge in [0, 0.05) is 35.1 Å². The van der Waals surface area contributed by atoms with Crippen molar-refractivity contribution in [1.29, 1.82) is 0 Å². The number of nitrogens with two attached hydrogens (primary N) is 1. The Morgan fingerprint density at radius 3 is 2.35 bits per heavy atom. The number of amides is 1. The Labute approximate surface area is 194 Å². The van der Waals surface area contributed by atoms with Crippen molar-refractivity contribution in [2.24, 2.45) is 11.7 Å². The number of pyridine rings is 3. The van der Waals surface area contributed by atoms with Crippen LogP contribution in [0, 0.1) is 5.92 Å². The number of hydrogen-bond donors (Lipinski definition) is 2. The standard InChI is InChI=1S/C25H27F3N4O2/c1-24(2,3)20-10-15(13-4-6-14(7-5-13)25(26,27)28)16(12-31-20)18-11-19(33)21-17(32-18)8-9-30-22(21)23(29)34/h8-14H,4-7H2,1-3H3,(H2,29,34)(H,32,33)/t13-,14-. The van der Waals surface area contributed by atoms with Crippen molar-refractivity contribution in [3.05, 3.63) is 57.8 Å². The molecule has 0 bridgehead atoms. The fraction of sp³-hybridized carbons (Fsp3) is 0.440. The van der Waals surface area contributed by atoms with Gasteiger partial charge in [0.1, 0.15) is 5.69 Å². The van der Waals surface area contributed by atoms with E-state index in [9.17, 15) is 22.8 Å². The van der Waals surface area contributed by atoms with Crippen LogP contribution >= 0.6 is 0 Å². The summed E-state index contributed by atoms with van der Waals surface area (Å²) in [4.78, 5) is 36.4. The SMILES string of the molecule is CC(C)(C)c1cc([C@H]2CC[C@H](C(F)(F)F)CC2)c(-c2cc(=O)c3c(C(N)=O)nccc3[nH]2)cn1. The second-order valence-corrected chi connectivity index (χ2v) is 9.99. The van der Waals surface area contributed by atoms with E-state index in [-0.39, 0.29) is 35.3 Å². The summed E-state index contributed by atoms with van der Waals surface area (Å²) in [7, 11) is 0. The molecule has 3 aromatic rings. The number of aromatic nitrogens is 3. The molecule has 1 aliphatic carbocycles. The van der Waals surface area contributed by atoms with Gasteiger partial charge in [-0.2, -0.15) is 13.2 Å². The first-order chi connectivity index (χ1) is 15.9. The quantitative estimate of drug-likeness (QED) is 0.546. The molecule has 180 valence electrons. The molecule has 9 heteroatoms. The van der Waals surface area contributed by atoms with Crippen LogP contribution in [0.5, 0.6) is 0 Å². The highest BCUT2D eigenvalue weighted by molar-refractivity contribution is 6.03. The van der Waals surface area contributed by atoms with Crippen molar-refractivity contribution in [3.8, 4) is 11.3 Å². The number of fused-ring (bicyclic) bond motifs is 1. The average molecular weight is 473 g/mol. The summed E-state index contributed by atoms with van der Waals surface area (Å²) < 4.78 is 39.7. The van der Waals surface area contributed by atoms with Crippen LogP contribution in [0.1, 0.15) is 74.1 Å². The maximum atomic E-state index is 13.2. The summed E-state index contributed by atoms with van der Waals surface area (Å²) in [6.07, 6.45) is -0.165. The molecule has 3 heterocycles. The van der Waals surface area contributed by atoms with Crippen LogP contribution in [-0.2, 0) is 5.41 Å². The van der Waals surface area contributed by atoms with E-state index in [1.165, 1.54) is 12.3 Å². The van der Waals surface area contributed by atoms with E-state index in [1.807, 2.05) is 26.8 Å². The van der Waals surface area contributed by atoms with Gasteiger partial charge in [0.2, 0.25) is 0 Å². The molecule has 0 atom stereocenters. The van der Waals surface area contributed by atoms with Crippen molar-refractivity contribution < 1.29 is 18.0 Å². The van der Waals surface area contributed by atoms with E-state index in [0.29, 0.717) is 29.6 Å². The maximum absolute atomic E-state index is 13.2.